The Labute approximate surface area is 135 Å². The molecule has 3 aromatic rings. The van der Waals surface area contributed by atoms with Gasteiger partial charge in [0.05, 0.1) is 5.69 Å². The molecule has 4 rings (SSSR count). The van der Waals surface area contributed by atoms with E-state index in [1.54, 1.807) is 6.20 Å². The molecule has 2 heterocycles. The molecule has 114 valence electrons. The van der Waals surface area contributed by atoms with Crippen molar-refractivity contribution in [2.45, 2.75) is 25.8 Å². The standard InChI is InChI=1S/C19H18N4/c1-13-21-18(16-7-4-8-20-12-16)11-19(22-13)23-17-9-14-5-2-3-6-15(14)10-17/h2-8,11-12,17H,9-10H2,1H3,(H,21,22,23). The van der Waals surface area contributed by atoms with E-state index in [4.69, 9.17) is 0 Å². The van der Waals surface area contributed by atoms with Gasteiger partial charge in [0.2, 0.25) is 0 Å². The molecular formula is C19H18N4. The Morgan fingerprint density at radius 1 is 1.00 bits per heavy atom. The zero-order valence-corrected chi connectivity index (χ0v) is 13.0. The Balaban J connectivity index is 1.58. The first-order valence-corrected chi connectivity index (χ1v) is 7.87. The number of nitrogens with one attached hydrogen (secondary N) is 1. The first kappa shape index (κ1) is 13.9. The maximum atomic E-state index is 4.54. The Kier molecular flexibility index (Phi) is 3.50. The summed E-state index contributed by atoms with van der Waals surface area (Å²) in [4.78, 5) is 13.2. The molecule has 1 aliphatic carbocycles. The Hall–Kier alpha value is -2.75. The van der Waals surface area contributed by atoms with Gasteiger partial charge in [0.1, 0.15) is 11.6 Å². The van der Waals surface area contributed by atoms with Crippen molar-refractivity contribution in [3.63, 3.8) is 0 Å². The zero-order chi connectivity index (χ0) is 15.6. The van der Waals surface area contributed by atoms with Gasteiger partial charge in [0.15, 0.2) is 0 Å². The van der Waals surface area contributed by atoms with E-state index in [9.17, 15) is 0 Å². The van der Waals surface area contributed by atoms with Crippen LogP contribution in [0.3, 0.4) is 0 Å². The third kappa shape index (κ3) is 2.93. The van der Waals surface area contributed by atoms with Gasteiger partial charge >= 0.3 is 0 Å². The minimum Gasteiger partial charge on any atom is -0.367 e. The van der Waals surface area contributed by atoms with E-state index >= 15 is 0 Å². The molecule has 0 amide bonds. The summed E-state index contributed by atoms with van der Waals surface area (Å²) in [5, 5.41) is 3.57. The third-order valence-electron chi connectivity index (χ3n) is 4.20. The Morgan fingerprint density at radius 3 is 2.48 bits per heavy atom. The van der Waals surface area contributed by atoms with Crippen molar-refractivity contribution in [2.24, 2.45) is 0 Å². The molecule has 1 aromatic carbocycles. The summed E-state index contributed by atoms with van der Waals surface area (Å²) in [5.74, 6) is 1.65. The molecule has 0 radical (unpaired) electrons. The van der Waals surface area contributed by atoms with Crippen LogP contribution >= 0.6 is 0 Å². The summed E-state index contributed by atoms with van der Waals surface area (Å²) < 4.78 is 0. The summed E-state index contributed by atoms with van der Waals surface area (Å²) >= 11 is 0. The summed E-state index contributed by atoms with van der Waals surface area (Å²) in [6.45, 7) is 1.93. The average Bonchev–Trinajstić information content (AvgIpc) is 2.97. The molecule has 0 atom stereocenters. The first-order chi connectivity index (χ1) is 11.3. The minimum absolute atomic E-state index is 0.392. The molecule has 23 heavy (non-hydrogen) atoms. The lowest BCUT2D eigenvalue weighted by Gasteiger charge is -2.14. The molecule has 1 N–H and O–H groups in total. The van der Waals surface area contributed by atoms with Crippen molar-refractivity contribution < 1.29 is 0 Å². The molecular weight excluding hydrogens is 284 g/mol. The highest BCUT2D eigenvalue weighted by Gasteiger charge is 2.21. The summed E-state index contributed by atoms with van der Waals surface area (Å²) in [6.07, 6.45) is 5.69. The number of rotatable bonds is 3. The van der Waals surface area contributed by atoms with Crippen molar-refractivity contribution >= 4 is 5.82 Å². The second-order valence-electron chi connectivity index (χ2n) is 5.95. The van der Waals surface area contributed by atoms with Gasteiger partial charge in [-0.15, -0.1) is 0 Å². The van der Waals surface area contributed by atoms with Gasteiger partial charge in [-0.3, -0.25) is 4.98 Å². The number of hydrogen-bond acceptors (Lipinski definition) is 4. The number of anilines is 1. The minimum atomic E-state index is 0.392. The highest BCUT2D eigenvalue weighted by atomic mass is 15.0. The molecule has 0 spiro atoms. The highest BCUT2D eigenvalue weighted by molar-refractivity contribution is 5.61. The lowest BCUT2D eigenvalue weighted by Crippen LogP contribution is -2.20. The largest absolute Gasteiger partial charge is 0.367 e. The summed E-state index contributed by atoms with van der Waals surface area (Å²) in [7, 11) is 0. The van der Waals surface area contributed by atoms with E-state index in [-0.39, 0.29) is 0 Å². The van der Waals surface area contributed by atoms with Crippen LogP contribution in [0.25, 0.3) is 11.3 Å². The van der Waals surface area contributed by atoms with Crippen molar-refractivity contribution in [2.75, 3.05) is 5.32 Å². The molecule has 0 saturated carbocycles. The predicted octanol–water partition coefficient (Wildman–Crippen LogP) is 3.43. The normalized spacial score (nSPS) is 13.8. The average molecular weight is 302 g/mol. The fraction of sp³-hybridized carbons (Fsp3) is 0.211. The fourth-order valence-corrected chi connectivity index (χ4v) is 3.17. The van der Waals surface area contributed by atoms with Crippen LogP contribution < -0.4 is 5.32 Å². The number of pyridine rings is 1. The van der Waals surface area contributed by atoms with Crippen LogP contribution in [0, 0.1) is 6.92 Å². The second kappa shape index (κ2) is 5.80. The SMILES string of the molecule is Cc1nc(NC2Cc3ccccc3C2)cc(-c2cccnc2)n1. The van der Waals surface area contributed by atoms with Crippen molar-refractivity contribution in [1.82, 2.24) is 15.0 Å². The van der Waals surface area contributed by atoms with Crippen LogP contribution in [-0.2, 0) is 12.8 Å². The maximum absolute atomic E-state index is 4.54. The molecule has 4 nitrogen and oxygen atoms in total. The quantitative estimate of drug-likeness (QED) is 0.805. The predicted molar refractivity (Wildman–Crippen MR) is 91.3 cm³/mol. The van der Waals surface area contributed by atoms with E-state index in [0.29, 0.717) is 6.04 Å². The first-order valence-electron chi connectivity index (χ1n) is 7.87. The maximum Gasteiger partial charge on any atom is 0.130 e. The number of aromatic nitrogens is 3. The van der Waals surface area contributed by atoms with Crippen LogP contribution in [-0.4, -0.2) is 21.0 Å². The van der Waals surface area contributed by atoms with Crippen LogP contribution in [0.1, 0.15) is 17.0 Å². The number of nitrogens with zero attached hydrogens (tertiary/aromatic N) is 3. The fourth-order valence-electron chi connectivity index (χ4n) is 3.17. The topological polar surface area (TPSA) is 50.7 Å². The lowest BCUT2D eigenvalue weighted by atomic mass is 10.1. The molecule has 0 unspecified atom stereocenters. The van der Waals surface area contributed by atoms with Gasteiger partial charge in [-0.2, -0.15) is 0 Å². The molecule has 0 aliphatic heterocycles. The Bertz CT molecular complexity index is 805. The third-order valence-corrected chi connectivity index (χ3v) is 4.20. The highest BCUT2D eigenvalue weighted by Crippen LogP contribution is 2.25. The van der Waals surface area contributed by atoms with Crippen LogP contribution in [0.15, 0.2) is 54.9 Å². The van der Waals surface area contributed by atoms with Gasteiger partial charge in [-0.25, -0.2) is 9.97 Å². The summed E-state index contributed by atoms with van der Waals surface area (Å²) in [5.41, 5.74) is 4.78. The van der Waals surface area contributed by atoms with E-state index in [1.807, 2.05) is 31.3 Å². The second-order valence-corrected chi connectivity index (χ2v) is 5.95. The summed E-state index contributed by atoms with van der Waals surface area (Å²) in [6, 6.07) is 15.0. The van der Waals surface area contributed by atoms with Crippen molar-refractivity contribution in [1.29, 1.82) is 0 Å². The number of hydrogen-bond donors (Lipinski definition) is 1. The number of aryl methyl sites for hydroxylation is 1. The Morgan fingerprint density at radius 2 is 1.78 bits per heavy atom. The molecule has 0 bridgehead atoms. The molecule has 0 fully saturated rings. The molecule has 0 saturated heterocycles. The van der Waals surface area contributed by atoms with E-state index in [1.165, 1.54) is 11.1 Å². The van der Waals surface area contributed by atoms with E-state index in [2.05, 4.69) is 44.5 Å². The number of fused-ring (bicyclic) bond motifs is 1. The van der Waals surface area contributed by atoms with Crippen molar-refractivity contribution in [3.8, 4) is 11.3 Å². The van der Waals surface area contributed by atoms with E-state index < -0.39 is 0 Å². The van der Waals surface area contributed by atoms with Crippen LogP contribution in [0.2, 0.25) is 0 Å². The van der Waals surface area contributed by atoms with Crippen LogP contribution in [0.4, 0.5) is 5.82 Å². The van der Waals surface area contributed by atoms with Crippen LogP contribution in [0.5, 0.6) is 0 Å². The smallest absolute Gasteiger partial charge is 0.130 e. The lowest BCUT2D eigenvalue weighted by molar-refractivity contribution is 0.766. The van der Waals surface area contributed by atoms with Gasteiger partial charge in [-0.1, -0.05) is 24.3 Å². The molecule has 1 aliphatic rings. The number of benzene rings is 1. The zero-order valence-electron chi connectivity index (χ0n) is 13.0. The van der Waals surface area contributed by atoms with Gasteiger partial charge in [-0.05, 0) is 43.0 Å². The molecule has 4 heteroatoms. The van der Waals surface area contributed by atoms with Crippen molar-refractivity contribution in [3.05, 3.63) is 71.8 Å². The van der Waals surface area contributed by atoms with Gasteiger partial charge in [0, 0.05) is 30.1 Å². The van der Waals surface area contributed by atoms with E-state index in [0.717, 1.165) is 35.7 Å². The van der Waals surface area contributed by atoms with Gasteiger partial charge < -0.3 is 5.32 Å². The monoisotopic (exact) mass is 302 g/mol. The van der Waals surface area contributed by atoms with Gasteiger partial charge in [0.25, 0.3) is 0 Å². The molecule has 2 aromatic heterocycles.